The van der Waals surface area contributed by atoms with Gasteiger partial charge in [0.25, 0.3) is 11.8 Å². The Morgan fingerprint density at radius 1 is 1.13 bits per heavy atom. The summed E-state index contributed by atoms with van der Waals surface area (Å²) in [6, 6.07) is 0. The number of hydrogen-bond acceptors (Lipinski definition) is 6. The lowest BCUT2D eigenvalue weighted by atomic mass is 9.97. The summed E-state index contributed by atoms with van der Waals surface area (Å²) in [5.74, 6) is -1.98. The van der Waals surface area contributed by atoms with Gasteiger partial charge in [-0.1, -0.05) is 13.3 Å². The molecule has 0 unspecified atom stereocenters. The van der Waals surface area contributed by atoms with E-state index in [9.17, 15) is 19.2 Å². The number of unbranched alkanes of at least 4 members (excludes halogenated alkanes) is 1. The summed E-state index contributed by atoms with van der Waals surface area (Å²) in [4.78, 5) is 53.2. The average molecular weight is 326 g/mol. The van der Waals surface area contributed by atoms with E-state index in [0.717, 1.165) is 12.8 Å². The zero-order chi connectivity index (χ0) is 16.8. The Morgan fingerprint density at radius 3 is 2.30 bits per heavy atom. The fourth-order valence-electron chi connectivity index (χ4n) is 2.52. The standard InChI is InChI=1S/C15H22N2O6/c1-2-3-10-22-15(21)16-8-6-11(7-9-16)14(20)23-17-12(18)4-5-13(17)19/h11H,2-10H2,1H3. The van der Waals surface area contributed by atoms with Crippen molar-refractivity contribution < 1.29 is 28.8 Å². The lowest BCUT2D eigenvalue weighted by Crippen LogP contribution is -2.42. The highest BCUT2D eigenvalue weighted by Gasteiger charge is 2.36. The fourth-order valence-corrected chi connectivity index (χ4v) is 2.52. The molecule has 0 N–H and O–H groups in total. The van der Waals surface area contributed by atoms with E-state index in [1.807, 2.05) is 6.92 Å². The molecule has 0 aromatic heterocycles. The maximum atomic E-state index is 12.0. The second-order valence-electron chi connectivity index (χ2n) is 5.72. The van der Waals surface area contributed by atoms with Crippen LogP contribution < -0.4 is 0 Å². The van der Waals surface area contributed by atoms with Crippen LogP contribution in [0.5, 0.6) is 0 Å². The minimum atomic E-state index is -0.590. The fraction of sp³-hybridized carbons (Fsp3) is 0.733. The maximum Gasteiger partial charge on any atom is 0.409 e. The molecule has 0 aromatic rings. The van der Waals surface area contributed by atoms with Gasteiger partial charge in [0.05, 0.1) is 12.5 Å². The summed E-state index contributed by atoms with van der Waals surface area (Å²) in [5, 5.41) is 0.563. The Balaban J connectivity index is 1.75. The highest BCUT2D eigenvalue weighted by molar-refractivity contribution is 6.01. The second-order valence-corrected chi connectivity index (χ2v) is 5.72. The molecule has 128 valence electrons. The lowest BCUT2D eigenvalue weighted by molar-refractivity contribution is -0.201. The van der Waals surface area contributed by atoms with E-state index in [-0.39, 0.29) is 18.9 Å². The van der Waals surface area contributed by atoms with E-state index in [1.165, 1.54) is 0 Å². The van der Waals surface area contributed by atoms with Gasteiger partial charge in [-0.15, -0.1) is 5.06 Å². The van der Waals surface area contributed by atoms with Gasteiger partial charge in [-0.25, -0.2) is 9.59 Å². The van der Waals surface area contributed by atoms with Crippen LogP contribution >= 0.6 is 0 Å². The number of amides is 3. The third kappa shape index (κ3) is 4.43. The smallest absolute Gasteiger partial charge is 0.409 e. The van der Waals surface area contributed by atoms with Crippen molar-refractivity contribution in [3.8, 4) is 0 Å². The van der Waals surface area contributed by atoms with Crippen LogP contribution in [0.25, 0.3) is 0 Å². The van der Waals surface area contributed by atoms with Crippen molar-refractivity contribution in [2.24, 2.45) is 5.92 Å². The quantitative estimate of drug-likeness (QED) is 0.557. The van der Waals surface area contributed by atoms with Crippen molar-refractivity contribution in [3.63, 3.8) is 0 Å². The molecule has 8 nitrogen and oxygen atoms in total. The molecule has 2 aliphatic heterocycles. The van der Waals surface area contributed by atoms with E-state index >= 15 is 0 Å². The van der Waals surface area contributed by atoms with Crippen LogP contribution in [0.4, 0.5) is 4.79 Å². The Morgan fingerprint density at radius 2 is 1.74 bits per heavy atom. The van der Waals surface area contributed by atoms with E-state index in [4.69, 9.17) is 9.57 Å². The first-order chi connectivity index (χ1) is 11.0. The number of nitrogens with zero attached hydrogens (tertiary/aromatic N) is 2. The van der Waals surface area contributed by atoms with Gasteiger partial charge in [-0.2, -0.15) is 0 Å². The number of rotatable bonds is 5. The number of imide groups is 1. The molecule has 0 atom stereocenters. The summed E-state index contributed by atoms with van der Waals surface area (Å²) in [7, 11) is 0. The van der Waals surface area contributed by atoms with Crippen LogP contribution in [0.1, 0.15) is 45.4 Å². The summed E-state index contributed by atoms with van der Waals surface area (Å²) in [6.45, 7) is 3.20. The summed E-state index contributed by atoms with van der Waals surface area (Å²) >= 11 is 0. The van der Waals surface area contributed by atoms with Gasteiger partial charge in [0.2, 0.25) is 0 Å². The number of likely N-dealkylation sites (tertiary alicyclic amines) is 1. The first kappa shape index (κ1) is 17.2. The zero-order valence-corrected chi connectivity index (χ0v) is 13.3. The van der Waals surface area contributed by atoms with Crippen molar-refractivity contribution in [1.82, 2.24) is 9.96 Å². The van der Waals surface area contributed by atoms with Gasteiger partial charge in [0.1, 0.15) is 0 Å². The van der Waals surface area contributed by atoms with E-state index in [1.54, 1.807) is 4.90 Å². The summed E-state index contributed by atoms with van der Waals surface area (Å²) < 4.78 is 5.13. The monoisotopic (exact) mass is 326 g/mol. The number of hydroxylamine groups is 2. The molecule has 0 aliphatic carbocycles. The van der Waals surface area contributed by atoms with Crippen LogP contribution in [0.15, 0.2) is 0 Å². The van der Waals surface area contributed by atoms with E-state index < -0.39 is 23.7 Å². The molecule has 3 amide bonds. The number of carbonyl (C=O) groups is 4. The predicted octanol–water partition coefficient (Wildman–Crippen LogP) is 1.24. The van der Waals surface area contributed by atoms with Gasteiger partial charge >= 0.3 is 12.1 Å². The Kier molecular flexibility index (Phi) is 5.95. The van der Waals surface area contributed by atoms with Crippen LogP contribution in [0.3, 0.4) is 0 Å². The molecule has 0 saturated carbocycles. The first-order valence-corrected chi connectivity index (χ1v) is 8.02. The van der Waals surface area contributed by atoms with Crippen molar-refractivity contribution in [3.05, 3.63) is 0 Å². The Hall–Kier alpha value is -2.12. The SMILES string of the molecule is CCCCOC(=O)N1CCC(C(=O)ON2C(=O)CCC2=O)CC1. The Labute approximate surface area is 134 Å². The second kappa shape index (κ2) is 7.94. The third-order valence-electron chi connectivity index (χ3n) is 4.00. The van der Waals surface area contributed by atoms with Crippen LogP contribution in [-0.2, 0) is 24.0 Å². The first-order valence-electron chi connectivity index (χ1n) is 8.02. The van der Waals surface area contributed by atoms with Crippen LogP contribution in [0, 0.1) is 5.92 Å². The number of carbonyl (C=O) groups excluding carboxylic acids is 4. The molecule has 0 spiro atoms. The van der Waals surface area contributed by atoms with Gasteiger partial charge in [-0.05, 0) is 19.3 Å². The predicted molar refractivity (Wildman–Crippen MR) is 77.7 cm³/mol. The third-order valence-corrected chi connectivity index (χ3v) is 4.00. The molecule has 0 bridgehead atoms. The molecule has 2 fully saturated rings. The number of piperidine rings is 1. The average Bonchev–Trinajstić information content (AvgIpc) is 2.87. The van der Waals surface area contributed by atoms with Crippen LogP contribution in [-0.4, -0.2) is 53.5 Å². The van der Waals surface area contributed by atoms with E-state index in [2.05, 4.69) is 0 Å². The topological polar surface area (TPSA) is 93.2 Å². The molecule has 8 heteroatoms. The van der Waals surface area contributed by atoms with Gasteiger partial charge in [0, 0.05) is 25.9 Å². The highest BCUT2D eigenvalue weighted by atomic mass is 16.7. The van der Waals surface area contributed by atoms with Crippen molar-refractivity contribution in [2.45, 2.75) is 45.4 Å². The molecule has 2 heterocycles. The minimum absolute atomic E-state index is 0.0775. The molecule has 2 saturated heterocycles. The summed E-state index contributed by atoms with van der Waals surface area (Å²) in [5.41, 5.74) is 0. The zero-order valence-electron chi connectivity index (χ0n) is 13.3. The molecule has 0 radical (unpaired) electrons. The highest BCUT2D eigenvalue weighted by Crippen LogP contribution is 2.21. The molecule has 23 heavy (non-hydrogen) atoms. The lowest BCUT2D eigenvalue weighted by Gasteiger charge is -2.30. The minimum Gasteiger partial charge on any atom is -0.449 e. The molecule has 2 rings (SSSR count). The van der Waals surface area contributed by atoms with Crippen molar-refractivity contribution in [2.75, 3.05) is 19.7 Å². The molecule has 0 aromatic carbocycles. The molecule has 2 aliphatic rings. The van der Waals surface area contributed by atoms with Crippen LogP contribution in [0.2, 0.25) is 0 Å². The Bertz CT molecular complexity index is 468. The largest absolute Gasteiger partial charge is 0.449 e. The molecular formula is C15H22N2O6. The molecular weight excluding hydrogens is 304 g/mol. The van der Waals surface area contributed by atoms with Gasteiger partial charge in [-0.3, -0.25) is 9.59 Å². The number of ether oxygens (including phenoxy) is 1. The summed E-state index contributed by atoms with van der Waals surface area (Å²) in [6.07, 6.45) is 2.43. The normalized spacial score (nSPS) is 19.2. The number of hydrogen-bond donors (Lipinski definition) is 0. The van der Waals surface area contributed by atoms with Crippen molar-refractivity contribution in [1.29, 1.82) is 0 Å². The maximum absolute atomic E-state index is 12.0. The van der Waals surface area contributed by atoms with Crippen molar-refractivity contribution >= 4 is 23.9 Å². The van der Waals surface area contributed by atoms with E-state index in [0.29, 0.717) is 37.6 Å². The van der Waals surface area contributed by atoms with Gasteiger partial charge in [0.15, 0.2) is 0 Å². The van der Waals surface area contributed by atoms with Gasteiger partial charge < -0.3 is 14.5 Å².